The maximum atomic E-state index is 13.9. The second kappa shape index (κ2) is 10.4. The van der Waals surface area contributed by atoms with E-state index in [1.54, 1.807) is 4.31 Å². The molecule has 1 aliphatic heterocycles. The summed E-state index contributed by atoms with van der Waals surface area (Å²) in [5, 5.41) is 1.05. The monoisotopic (exact) mass is 535 g/mol. The van der Waals surface area contributed by atoms with Gasteiger partial charge in [0.15, 0.2) is 0 Å². The van der Waals surface area contributed by atoms with E-state index in [1.807, 2.05) is 54.7 Å². The molecule has 39 heavy (non-hydrogen) atoms. The molecule has 0 bridgehead atoms. The zero-order valence-corrected chi connectivity index (χ0v) is 23.2. The lowest BCUT2D eigenvalue weighted by Crippen LogP contribution is -2.31. The van der Waals surface area contributed by atoms with Gasteiger partial charge in [0.1, 0.15) is 0 Å². The van der Waals surface area contributed by atoms with Gasteiger partial charge in [-0.1, -0.05) is 72.8 Å². The van der Waals surface area contributed by atoms with E-state index < -0.39 is 10.0 Å². The number of aromatic nitrogens is 1. The Hall–Kier alpha value is -3.87. The minimum Gasteiger partial charge on any atom is -0.372 e. The Morgan fingerprint density at radius 3 is 2.26 bits per heavy atom. The second-order valence-electron chi connectivity index (χ2n) is 10.1. The number of para-hydroxylation sites is 1. The summed E-state index contributed by atoms with van der Waals surface area (Å²) in [5.41, 5.74) is 8.31. The van der Waals surface area contributed by atoms with Crippen molar-refractivity contribution < 1.29 is 8.42 Å². The van der Waals surface area contributed by atoms with Gasteiger partial charge in [-0.15, -0.1) is 0 Å². The van der Waals surface area contributed by atoms with Crippen LogP contribution in [0.2, 0.25) is 0 Å². The Kier molecular flexibility index (Phi) is 6.75. The molecule has 5 aromatic rings. The smallest absolute Gasteiger partial charge is 0.219 e. The number of fused-ring (bicyclic) bond motifs is 2. The molecule has 6 rings (SSSR count). The molecule has 0 spiro atoms. The maximum absolute atomic E-state index is 13.9. The number of sulfonamides is 1. The van der Waals surface area contributed by atoms with Crippen molar-refractivity contribution in [3.05, 3.63) is 126 Å². The largest absolute Gasteiger partial charge is 0.372 e. The van der Waals surface area contributed by atoms with Crippen LogP contribution in [0.25, 0.3) is 22.0 Å². The number of rotatable bonds is 8. The predicted molar refractivity (Wildman–Crippen MR) is 160 cm³/mol. The summed E-state index contributed by atoms with van der Waals surface area (Å²) in [4.78, 5) is 5.68. The number of nitrogens with zero attached hydrogens (tertiary/aromatic N) is 2. The molecule has 4 aromatic carbocycles. The van der Waals surface area contributed by atoms with E-state index in [0.717, 1.165) is 57.4 Å². The molecule has 5 nitrogen and oxygen atoms in total. The van der Waals surface area contributed by atoms with Crippen LogP contribution in [0.3, 0.4) is 0 Å². The number of hydrogen-bond donors (Lipinski definition) is 1. The molecule has 0 amide bonds. The Labute approximate surface area is 230 Å². The first-order valence-electron chi connectivity index (χ1n) is 13.6. The molecule has 1 aromatic heterocycles. The van der Waals surface area contributed by atoms with Crippen LogP contribution in [0.5, 0.6) is 0 Å². The number of hydrogen-bond acceptors (Lipinski definition) is 3. The fourth-order valence-corrected chi connectivity index (χ4v) is 7.49. The summed E-state index contributed by atoms with van der Waals surface area (Å²) < 4.78 is 29.6. The van der Waals surface area contributed by atoms with Gasteiger partial charge < -0.3 is 9.88 Å². The number of aromatic amines is 1. The average molecular weight is 536 g/mol. The summed E-state index contributed by atoms with van der Waals surface area (Å²) in [6.07, 6.45) is 1.97. The van der Waals surface area contributed by atoms with Crippen molar-refractivity contribution >= 4 is 26.6 Å². The van der Waals surface area contributed by atoms with Crippen molar-refractivity contribution in [2.45, 2.75) is 32.2 Å². The van der Waals surface area contributed by atoms with Crippen molar-refractivity contribution in [3.8, 4) is 11.1 Å². The van der Waals surface area contributed by atoms with Crippen LogP contribution in [0.15, 0.2) is 103 Å². The van der Waals surface area contributed by atoms with Gasteiger partial charge in [-0.05, 0) is 65.9 Å². The van der Waals surface area contributed by atoms with Crippen LogP contribution in [0, 0.1) is 0 Å². The fraction of sp³-hybridized carbons (Fsp3) is 0.212. The minimum atomic E-state index is -3.61. The molecule has 1 atom stereocenters. The third-order valence-corrected chi connectivity index (χ3v) is 9.60. The van der Waals surface area contributed by atoms with E-state index in [-0.39, 0.29) is 11.8 Å². The molecule has 0 aliphatic carbocycles. The van der Waals surface area contributed by atoms with Gasteiger partial charge >= 0.3 is 0 Å². The lowest BCUT2D eigenvalue weighted by atomic mass is 9.94. The molecule has 1 aliphatic rings. The Bertz CT molecular complexity index is 1710. The Morgan fingerprint density at radius 2 is 1.51 bits per heavy atom. The normalized spacial score (nSPS) is 15.5. The van der Waals surface area contributed by atoms with Crippen molar-refractivity contribution in [2.75, 3.05) is 18.0 Å². The first-order chi connectivity index (χ1) is 19.0. The first kappa shape index (κ1) is 25.4. The van der Waals surface area contributed by atoms with E-state index in [2.05, 4.69) is 72.3 Å². The van der Waals surface area contributed by atoms with Crippen LogP contribution in [-0.2, 0) is 22.3 Å². The van der Waals surface area contributed by atoms with Crippen molar-refractivity contribution in [3.63, 3.8) is 0 Å². The zero-order chi connectivity index (χ0) is 27.0. The van der Waals surface area contributed by atoms with E-state index in [9.17, 15) is 8.42 Å². The molecule has 1 N–H and O–H groups in total. The van der Waals surface area contributed by atoms with E-state index in [0.29, 0.717) is 6.54 Å². The molecule has 0 radical (unpaired) electrons. The van der Waals surface area contributed by atoms with Crippen LogP contribution in [-0.4, -0.2) is 30.8 Å². The quantitative estimate of drug-likeness (QED) is 0.230. The third kappa shape index (κ3) is 4.75. The van der Waals surface area contributed by atoms with Crippen molar-refractivity contribution in [1.29, 1.82) is 0 Å². The van der Waals surface area contributed by atoms with Gasteiger partial charge in [0, 0.05) is 48.0 Å². The number of nitrogens with one attached hydrogen (secondary N) is 1. The molecular formula is C33H33N3O2S. The van der Waals surface area contributed by atoms with Crippen molar-refractivity contribution in [2.24, 2.45) is 0 Å². The highest BCUT2D eigenvalue weighted by atomic mass is 32.2. The molecule has 0 saturated heterocycles. The van der Waals surface area contributed by atoms with Gasteiger partial charge in [0.25, 0.3) is 0 Å². The predicted octanol–water partition coefficient (Wildman–Crippen LogP) is 7.12. The van der Waals surface area contributed by atoms with Crippen LogP contribution in [0.1, 0.15) is 42.1 Å². The van der Waals surface area contributed by atoms with E-state index in [1.165, 1.54) is 5.69 Å². The number of anilines is 1. The number of benzene rings is 4. The minimum absolute atomic E-state index is 0.0274. The van der Waals surface area contributed by atoms with Gasteiger partial charge in [0.2, 0.25) is 10.0 Å². The topological polar surface area (TPSA) is 56.4 Å². The van der Waals surface area contributed by atoms with Crippen LogP contribution < -0.4 is 4.90 Å². The highest BCUT2D eigenvalue weighted by Crippen LogP contribution is 2.44. The third-order valence-electron chi connectivity index (χ3n) is 7.85. The lowest BCUT2D eigenvalue weighted by Gasteiger charge is -2.25. The van der Waals surface area contributed by atoms with Gasteiger partial charge in [-0.3, -0.25) is 0 Å². The van der Waals surface area contributed by atoms with Crippen LogP contribution in [0.4, 0.5) is 5.69 Å². The van der Waals surface area contributed by atoms with Crippen molar-refractivity contribution in [1.82, 2.24) is 9.29 Å². The van der Waals surface area contributed by atoms with E-state index >= 15 is 0 Å². The molecular weight excluding hydrogens is 502 g/mol. The Balaban J connectivity index is 1.41. The summed E-state index contributed by atoms with van der Waals surface area (Å²) >= 11 is 0. The van der Waals surface area contributed by atoms with Gasteiger partial charge in [-0.25, -0.2) is 8.42 Å². The molecule has 0 saturated carbocycles. The SMILES string of the molecule is CCN(CC)c1ccc(-c2ccc3c(c2)CN(S(=O)(=O)Cc2ccccc2)[C@H]3c2c[nH]c3ccccc23)cc1. The summed E-state index contributed by atoms with van der Waals surface area (Å²) in [6.45, 7) is 6.62. The average Bonchev–Trinajstić information content (AvgIpc) is 3.56. The highest BCUT2D eigenvalue weighted by molar-refractivity contribution is 7.88. The van der Waals surface area contributed by atoms with Gasteiger partial charge in [-0.2, -0.15) is 4.31 Å². The highest BCUT2D eigenvalue weighted by Gasteiger charge is 2.40. The first-order valence-corrected chi connectivity index (χ1v) is 15.2. The lowest BCUT2D eigenvalue weighted by molar-refractivity contribution is 0.388. The van der Waals surface area contributed by atoms with E-state index in [4.69, 9.17) is 0 Å². The maximum Gasteiger partial charge on any atom is 0.219 e. The van der Waals surface area contributed by atoms with Crippen LogP contribution >= 0.6 is 0 Å². The summed E-state index contributed by atoms with van der Waals surface area (Å²) in [5.74, 6) is -0.0274. The molecule has 0 fully saturated rings. The standard InChI is InChI=1S/C33H33N3O2S/c1-3-35(4-2)28-17-14-25(15-18-28)26-16-19-29-27(20-26)22-36(39(37,38)23-24-10-6-5-7-11-24)33(29)31-21-34-32-13-9-8-12-30(31)32/h5-21,33-34H,3-4,22-23H2,1-2H3/t33-/m1/s1. The summed E-state index contributed by atoms with van der Waals surface area (Å²) in [6, 6.07) is 32.2. The Morgan fingerprint density at radius 1 is 0.821 bits per heavy atom. The number of H-pyrrole nitrogens is 1. The molecule has 198 valence electrons. The molecule has 2 heterocycles. The van der Waals surface area contributed by atoms with Gasteiger partial charge in [0.05, 0.1) is 11.8 Å². The fourth-order valence-electron chi connectivity index (χ4n) is 5.83. The molecule has 6 heteroatoms. The molecule has 0 unspecified atom stereocenters. The zero-order valence-electron chi connectivity index (χ0n) is 22.3. The second-order valence-corrected chi connectivity index (χ2v) is 12.0. The summed E-state index contributed by atoms with van der Waals surface area (Å²) in [7, 11) is -3.61.